The lowest BCUT2D eigenvalue weighted by atomic mass is 9.91. The molecule has 0 bridgehead atoms. The fourth-order valence-corrected chi connectivity index (χ4v) is 4.91. The quantitative estimate of drug-likeness (QED) is 0.855. The third kappa shape index (κ3) is 3.54. The van der Waals surface area contributed by atoms with Crippen LogP contribution in [0, 0.1) is 5.82 Å². The van der Waals surface area contributed by atoms with E-state index in [0.29, 0.717) is 17.5 Å². The Hall–Kier alpha value is -1.67. The zero-order valence-electron chi connectivity index (χ0n) is 13.9. The molecule has 6 nitrogen and oxygen atoms in total. The van der Waals surface area contributed by atoms with Crippen molar-refractivity contribution in [3.8, 4) is 0 Å². The van der Waals surface area contributed by atoms with Crippen molar-refractivity contribution in [2.24, 2.45) is 11.5 Å². The number of carbonyl (C=O) groups is 1. The molecule has 0 saturated carbocycles. The second-order valence-corrected chi connectivity index (χ2v) is 9.17. The molecule has 1 aliphatic heterocycles. The number of nitrogens with two attached hydrogens (primary N) is 2. The van der Waals surface area contributed by atoms with Gasteiger partial charge in [-0.05, 0) is 49.9 Å². The van der Waals surface area contributed by atoms with Gasteiger partial charge in [-0.2, -0.15) is 0 Å². The van der Waals surface area contributed by atoms with Crippen molar-refractivity contribution >= 4 is 15.9 Å². The molecule has 2 unspecified atom stereocenters. The average Bonchev–Trinajstić information content (AvgIpc) is 2.53. The zero-order valence-corrected chi connectivity index (χ0v) is 14.7. The Bertz CT molecular complexity index is 721. The molecular weight excluding hydrogens is 333 g/mol. The number of hydrogen-bond acceptors (Lipinski definition) is 4. The van der Waals surface area contributed by atoms with Crippen molar-refractivity contribution < 1.29 is 17.6 Å². The summed E-state index contributed by atoms with van der Waals surface area (Å²) in [5.74, 6) is -0.424. The Labute approximate surface area is 141 Å². The fourth-order valence-electron chi connectivity index (χ4n) is 3.25. The first kappa shape index (κ1) is 18.7. The summed E-state index contributed by atoms with van der Waals surface area (Å²) in [5, 5.41) is -1.06. The van der Waals surface area contributed by atoms with Crippen LogP contribution in [-0.2, 0) is 16.4 Å². The van der Waals surface area contributed by atoms with Gasteiger partial charge in [0, 0.05) is 13.1 Å². The second-order valence-electron chi connectivity index (χ2n) is 6.38. The van der Waals surface area contributed by atoms with E-state index < -0.39 is 38.2 Å². The molecule has 0 radical (unpaired) electrons. The highest BCUT2D eigenvalue weighted by Crippen LogP contribution is 2.36. The zero-order chi connectivity index (χ0) is 18.1. The lowest BCUT2D eigenvalue weighted by Crippen LogP contribution is -2.48. The van der Waals surface area contributed by atoms with Crippen molar-refractivity contribution in [3.05, 3.63) is 35.1 Å². The van der Waals surface area contributed by atoms with Gasteiger partial charge in [-0.3, -0.25) is 0 Å². The van der Waals surface area contributed by atoms with E-state index in [0.717, 1.165) is 0 Å². The minimum atomic E-state index is -3.30. The van der Waals surface area contributed by atoms with Gasteiger partial charge in [-0.1, -0.05) is 6.07 Å². The predicted molar refractivity (Wildman–Crippen MR) is 90.4 cm³/mol. The van der Waals surface area contributed by atoms with Crippen LogP contribution >= 0.6 is 0 Å². The molecule has 4 N–H and O–H groups in total. The van der Waals surface area contributed by atoms with Gasteiger partial charge in [-0.15, -0.1) is 0 Å². The van der Waals surface area contributed by atoms with Gasteiger partial charge in [0.2, 0.25) is 0 Å². The predicted octanol–water partition coefficient (Wildman–Crippen LogP) is 1.69. The molecule has 1 fully saturated rings. The number of piperidine rings is 1. The number of likely N-dealkylation sites (tertiary alicyclic amines) is 1. The van der Waals surface area contributed by atoms with Gasteiger partial charge < -0.3 is 16.4 Å². The summed E-state index contributed by atoms with van der Waals surface area (Å²) in [4.78, 5) is 13.2. The summed E-state index contributed by atoms with van der Waals surface area (Å²) in [6.45, 7) is 3.64. The summed E-state index contributed by atoms with van der Waals surface area (Å²) in [6, 6.07) is 3.02. The van der Waals surface area contributed by atoms with Crippen molar-refractivity contribution in [1.29, 1.82) is 0 Å². The van der Waals surface area contributed by atoms with Crippen molar-refractivity contribution in [2.75, 3.05) is 6.54 Å². The SMILES string of the molecule is CC(C)S(=O)(=O)C1CCN(C(N)=O)C(c2ccc(F)cc2CN)C1. The van der Waals surface area contributed by atoms with Gasteiger partial charge >= 0.3 is 6.03 Å². The lowest BCUT2D eigenvalue weighted by Gasteiger charge is -2.39. The van der Waals surface area contributed by atoms with E-state index >= 15 is 0 Å². The van der Waals surface area contributed by atoms with Crippen LogP contribution in [0.25, 0.3) is 0 Å². The van der Waals surface area contributed by atoms with Crippen LogP contribution in [-0.4, -0.2) is 36.4 Å². The van der Waals surface area contributed by atoms with Crippen molar-refractivity contribution in [3.63, 3.8) is 0 Å². The van der Waals surface area contributed by atoms with Crippen LogP contribution < -0.4 is 11.5 Å². The number of primary amides is 1. The summed E-state index contributed by atoms with van der Waals surface area (Å²) >= 11 is 0. The third-order valence-corrected chi connectivity index (χ3v) is 7.31. The topological polar surface area (TPSA) is 106 Å². The highest BCUT2D eigenvalue weighted by Gasteiger charge is 2.39. The number of halogens is 1. The first-order chi connectivity index (χ1) is 11.2. The van der Waals surface area contributed by atoms with E-state index in [-0.39, 0.29) is 19.5 Å². The van der Waals surface area contributed by atoms with E-state index in [2.05, 4.69) is 0 Å². The minimum absolute atomic E-state index is 0.0950. The Morgan fingerprint density at radius 3 is 2.62 bits per heavy atom. The second kappa shape index (κ2) is 7.06. The van der Waals surface area contributed by atoms with Gasteiger partial charge in [-0.25, -0.2) is 17.6 Å². The maximum atomic E-state index is 13.5. The van der Waals surface area contributed by atoms with Crippen LogP contribution in [0.5, 0.6) is 0 Å². The molecule has 134 valence electrons. The van der Waals surface area contributed by atoms with E-state index in [1.807, 2.05) is 0 Å². The van der Waals surface area contributed by atoms with Gasteiger partial charge in [0.25, 0.3) is 0 Å². The van der Waals surface area contributed by atoms with E-state index in [1.54, 1.807) is 19.9 Å². The maximum absolute atomic E-state index is 13.5. The molecule has 24 heavy (non-hydrogen) atoms. The highest BCUT2D eigenvalue weighted by molar-refractivity contribution is 7.92. The number of hydrogen-bond donors (Lipinski definition) is 2. The number of benzene rings is 1. The van der Waals surface area contributed by atoms with Crippen LogP contribution in [0.4, 0.5) is 9.18 Å². The Kier molecular flexibility index (Phi) is 5.49. The highest BCUT2D eigenvalue weighted by atomic mass is 32.2. The summed E-state index contributed by atoms with van der Waals surface area (Å²) in [6.07, 6.45) is 0.585. The number of sulfone groups is 1. The van der Waals surface area contributed by atoms with Gasteiger partial charge in [0.15, 0.2) is 9.84 Å². The Morgan fingerprint density at radius 1 is 1.42 bits per heavy atom. The molecule has 1 aliphatic rings. The molecule has 2 amide bonds. The average molecular weight is 357 g/mol. The summed E-state index contributed by atoms with van der Waals surface area (Å²) in [7, 11) is -3.30. The first-order valence-electron chi connectivity index (χ1n) is 7.95. The number of urea groups is 1. The minimum Gasteiger partial charge on any atom is -0.351 e. The molecular formula is C16H24FN3O3S. The molecule has 1 aromatic rings. The van der Waals surface area contributed by atoms with Crippen LogP contribution in [0.3, 0.4) is 0 Å². The number of rotatable bonds is 4. The Balaban J connectivity index is 2.44. The molecule has 1 saturated heterocycles. The van der Waals surface area contributed by atoms with E-state index in [1.165, 1.54) is 17.0 Å². The summed E-state index contributed by atoms with van der Waals surface area (Å²) in [5.41, 5.74) is 12.4. The van der Waals surface area contributed by atoms with Crippen molar-refractivity contribution in [2.45, 2.75) is 49.8 Å². The van der Waals surface area contributed by atoms with Crippen LogP contribution in [0.2, 0.25) is 0 Å². The van der Waals surface area contributed by atoms with Crippen molar-refractivity contribution in [1.82, 2.24) is 4.90 Å². The van der Waals surface area contributed by atoms with E-state index in [9.17, 15) is 17.6 Å². The number of amides is 2. The third-order valence-electron chi connectivity index (χ3n) is 4.64. The molecule has 8 heteroatoms. The molecule has 1 heterocycles. The van der Waals surface area contributed by atoms with Crippen LogP contribution in [0.1, 0.15) is 43.9 Å². The standard InChI is InChI=1S/C16H24FN3O3S/c1-10(2)24(22,23)13-5-6-20(16(19)21)15(8-13)14-4-3-12(17)7-11(14)9-18/h3-4,7,10,13,15H,5-6,8-9,18H2,1-2H3,(H2,19,21). The molecule has 0 aromatic heterocycles. The summed E-state index contributed by atoms with van der Waals surface area (Å²) < 4.78 is 38.5. The smallest absolute Gasteiger partial charge is 0.315 e. The Morgan fingerprint density at radius 2 is 2.08 bits per heavy atom. The van der Waals surface area contributed by atoms with Gasteiger partial charge in [0.05, 0.1) is 16.5 Å². The molecule has 2 atom stereocenters. The lowest BCUT2D eigenvalue weighted by molar-refractivity contribution is 0.160. The monoisotopic (exact) mass is 357 g/mol. The largest absolute Gasteiger partial charge is 0.351 e. The number of carbonyl (C=O) groups excluding carboxylic acids is 1. The number of nitrogens with zero attached hydrogens (tertiary/aromatic N) is 1. The molecule has 1 aromatic carbocycles. The molecule has 2 rings (SSSR count). The fraction of sp³-hybridized carbons (Fsp3) is 0.562. The maximum Gasteiger partial charge on any atom is 0.315 e. The first-order valence-corrected chi connectivity index (χ1v) is 9.56. The van der Waals surface area contributed by atoms with Crippen LogP contribution in [0.15, 0.2) is 18.2 Å². The van der Waals surface area contributed by atoms with Gasteiger partial charge in [0.1, 0.15) is 5.82 Å². The van der Waals surface area contributed by atoms with E-state index in [4.69, 9.17) is 11.5 Å². The molecule has 0 aliphatic carbocycles. The molecule has 0 spiro atoms. The normalized spacial score (nSPS) is 22.0.